The molecule has 4 aromatic rings. The number of piperazine rings is 1. The van der Waals surface area contributed by atoms with E-state index in [0.29, 0.717) is 38.5 Å². The summed E-state index contributed by atoms with van der Waals surface area (Å²) in [4.78, 5) is 25.6. The summed E-state index contributed by atoms with van der Waals surface area (Å²) < 4.78 is 7.07. The molecule has 2 amide bonds. The van der Waals surface area contributed by atoms with Gasteiger partial charge in [0, 0.05) is 44.5 Å². The maximum absolute atomic E-state index is 12.8. The minimum atomic E-state index is -0.0443. The van der Waals surface area contributed by atoms with E-state index in [4.69, 9.17) is 4.74 Å². The molecule has 0 saturated carbocycles. The van der Waals surface area contributed by atoms with E-state index < -0.39 is 0 Å². The first kappa shape index (κ1) is 21.7. The Labute approximate surface area is 198 Å². The summed E-state index contributed by atoms with van der Waals surface area (Å²) >= 11 is 0. The summed E-state index contributed by atoms with van der Waals surface area (Å²) in [5.41, 5.74) is 4.25. The van der Waals surface area contributed by atoms with E-state index in [-0.39, 0.29) is 6.03 Å². The number of hydrogen-bond donors (Lipinski definition) is 1. The fourth-order valence-corrected chi connectivity index (χ4v) is 4.28. The lowest BCUT2D eigenvalue weighted by molar-refractivity contribution is 0.193. The molecule has 0 atom stereocenters. The molecular formula is C25H27N7O2. The second kappa shape index (κ2) is 9.38. The molecule has 1 aliphatic rings. The Morgan fingerprint density at radius 3 is 2.59 bits per heavy atom. The molecule has 5 rings (SSSR count). The molecule has 1 saturated heterocycles. The number of anilines is 1. The van der Waals surface area contributed by atoms with Gasteiger partial charge in [-0.05, 0) is 30.2 Å². The van der Waals surface area contributed by atoms with Gasteiger partial charge in [0.25, 0.3) is 5.78 Å². The van der Waals surface area contributed by atoms with Gasteiger partial charge in [-0.15, -0.1) is 0 Å². The van der Waals surface area contributed by atoms with Crippen LogP contribution in [0.3, 0.4) is 0 Å². The molecule has 0 aliphatic carbocycles. The van der Waals surface area contributed by atoms with Crippen LogP contribution >= 0.6 is 0 Å². The highest BCUT2D eigenvalue weighted by molar-refractivity contribution is 5.78. The summed E-state index contributed by atoms with van der Waals surface area (Å²) in [6.45, 7) is 5.16. The average Bonchev–Trinajstić information content (AvgIpc) is 3.36. The van der Waals surface area contributed by atoms with E-state index in [0.717, 1.165) is 28.3 Å². The van der Waals surface area contributed by atoms with E-state index in [2.05, 4.69) is 44.3 Å². The summed E-state index contributed by atoms with van der Waals surface area (Å²) in [7, 11) is 1.65. The standard InChI is InChI=1S/C25H27N7O2/c1-18-4-3-5-19(14-18)15-27-25(33)31-12-10-30(11-13-31)23-22(16-26-24-28-17-29-32(23)24)20-6-8-21(34-2)9-7-20/h3-9,14,16-17H,10-13,15H2,1-2H3,(H,27,33). The van der Waals surface area contributed by atoms with Gasteiger partial charge in [0.1, 0.15) is 17.9 Å². The third-order valence-electron chi connectivity index (χ3n) is 6.07. The number of urea groups is 1. The molecule has 174 valence electrons. The first-order valence-corrected chi connectivity index (χ1v) is 11.3. The number of hydrogen-bond acceptors (Lipinski definition) is 6. The fourth-order valence-electron chi connectivity index (χ4n) is 4.28. The number of rotatable bonds is 5. The van der Waals surface area contributed by atoms with Gasteiger partial charge >= 0.3 is 6.03 Å². The van der Waals surface area contributed by atoms with Crippen molar-refractivity contribution in [3.8, 4) is 16.9 Å². The molecule has 1 N–H and O–H groups in total. The Kier molecular flexibility index (Phi) is 5.99. The minimum Gasteiger partial charge on any atom is -0.497 e. The normalized spacial score (nSPS) is 13.8. The van der Waals surface area contributed by atoms with E-state index >= 15 is 0 Å². The second-order valence-corrected chi connectivity index (χ2v) is 8.32. The van der Waals surface area contributed by atoms with Crippen LogP contribution in [0.4, 0.5) is 10.6 Å². The third-order valence-corrected chi connectivity index (χ3v) is 6.07. The van der Waals surface area contributed by atoms with Crippen molar-refractivity contribution in [3.63, 3.8) is 0 Å². The maximum atomic E-state index is 12.8. The number of aryl methyl sites for hydroxylation is 1. The predicted molar refractivity (Wildman–Crippen MR) is 130 cm³/mol. The molecular weight excluding hydrogens is 430 g/mol. The molecule has 1 aliphatic heterocycles. The zero-order chi connectivity index (χ0) is 23.5. The predicted octanol–water partition coefficient (Wildman–Crippen LogP) is 3.14. The number of fused-ring (bicyclic) bond motifs is 1. The van der Waals surface area contributed by atoms with Gasteiger partial charge in [0.2, 0.25) is 0 Å². The molecule has 9 nitrogen and oxygen atoms in total. The number of benzene rings is 2. The lowest BCUT2D eigenvalue weighted by atomic mass is 10.1. The van der Waals surface area contributed by atoms with Crippen molar-refractivity contribution in [2.24, 2.45) is 0 Å². The van der Waals surface area contributed by atoms with Gasteiger partial charge in [-0.2, -0.15) is 14.6 Å². The zero-order valence-corrected chi connectivity index (χ0v) is 19.3. The SMILES string of the molecule is COc1ccc(-c2cnc3ncnn3c2N2CCN(C(=O)NCc3cccc(C)c3)CC2)cc1. The van der Waals surface area contributed by atoms with Crippen molar-refractivity contribution in [2.45, 2.75) is 13.5 Å². The van der Waals surface area contributed by atoms with Gasteiger partial charge in [-0.3, -0.25) is 0 Å². The van der Waals surface area contributed by atoms with Crippen LogP contribution in [0.25, 0.3) is 16.9 Å². The van der Waals surface area contributed by atoms with Gasteiger partial charge in [0.15, 0.2) is 0 Å². The van der Waals surface area contributed by atoms with E-state index in [9.17, 15) is 4.79 Å². The number of nitrogens with one attached hydrogen (secondary N) is 1. The Morgan fingerprint density at radius 1 is 1.06 bits per heavy atom. The number of carbonyl (C=O) groups excluding carboxylic acids is 1. The first-order valence-electron chi connectivity index (χ1n) is 11.3. The number of amides is 2. The third kappa shape index (κ3) is 4.36. The Balaban J connectivity index is 1.32. The molecule has 0 bridgehead atoms. The quantitative estimate of drug-likeness (QED) is 0.495. The smallest absolute Gasteiger partial charge is 0.317 e. The zero-order valence-electron chi connectivity index (χ0n) is 19.3. The molecule has 3 heterocycles. The van der Waals surface area contributed by atoms with Crippen molar-refractivity contribution in [2.75, 3.05) is 38.2 Å². The molecule has 0 radical (unpaired) electrons. The van der Waals surface area contributed by atoms with Crippen molar-refractivity contribution in [1.29, 1.82) is 0 Å². The monoisotopic (exact) mass is 457 g/mol. The van der Waals surface area contributed by atoms with Crippen LogP contribution in [0.5, 0.6) is 5.75 Å². The van der Waals surface area contributed by atoms with Gasteiger partial charge in [-0.25, -0.2) is 9.78 Å². The molecule has 9 heteroatoms. The molecule has 0 spiro atoms. The molecule has 1 fully saturated rings. The molecule has 2 aromatic carbocycles. The first-order chi connectivity index (χ1) is 16.6. The van der Waals surface area contributed by atoms with E-state index in [1.165, 1.54) is 11.9 Å². The summed E-state index contributed by atoms with van der Waals surface area (Å²) in [6.07, 6.45) is 3.35. The highest BCUT2D eigenvalue weighted by atomic mass is 16.5. The van der Waals surface area contributed by atoms with Gasteiger partial charge in [-0.1, -0.05) is 42.0 Å². The average molecular weight is 458 g/mol. The van der Waals surface area contributed by atoms with Crippen LogP contribution < -0.4 is 15.0 Å². The fraction of sp³-hybridized carbons (Fsp3) is 0.280. The number of ether oxygens (including phenoxy) is 1. The van der Waals surface area contributed by atoms with Crippen LogP contribution in [0.2, 0.25) is 0 Å². The molecule has 2 aromatic heterocycles. The van der Waals surface area contributed by atoms with Crippen molar-refractivity contribution in [3.05, 3.63) is 72.2 Å². The lowest BCUT2D eigenvalue weighted by Gasteiger charge is -2.36. The second-order valence-electron chi connectivity index (χ2n) is 8.32. The Bertz CT molecular complexity index is 1290. The lowest BCUT2D eigenvalue weighted by Crippen LogP contribution is -2.52. The van der Waals surface area contributed by atoms with Crippen LogP contribution in [-0.4, -0.2) is 63.8 Å². The minimum absolute atomic E-state index is 0.0443. The number of nitrogens with zero attached hydrogens (tertiary/aromatic N) is 6. The highest BCUT2D eigenvalue weighted by Gasteiger charge is 2.25. The van der Waals surface area contributed by atoms with E-state index in [1.807, 2.05) is 47.5 Å². The van der Waals surface area contributed by atoms with E-state index in [1.54, 1.807) is 11.6 Å². The van der Waals surface area contributed by atoms with Crippen molar-refractivity contribution < 1.29 is 9.53 Å². The van der Waals surface area contributed by atoms with Gasteiger partial charge in [0.05, 0.1) is 7.11 Å². The summed E-state index contributed by atoms with van der Waals surface area (Å²) in [5, 5.41) is 7.46. The summed E-state index contributed by atoms with van der Waals surface area (Å²) in [6, 6.07) is 16.0. The van der Waals surface area contributed by atoms with Crippen molar-refractivity contribution >= 4 is 17.6 Å². The molecule has 34 heavy (non-hydrogen) atoms. The van der Waals surface area contributed by atoms with Crippen LogP contribution in [-0.2, 0) is 6.54 Å². The van der Waals surface area contributed by atoms with Crippen molar-refractivity contribution in [1.82, 2.24) is 29.8 Å². The van der Waals surface area contributed by atoms with Crippen LogP contribution in [0.1, 0.15) is 11.1 Å². The van der Waals surface area contributed by atoms with Crippen LogP contribution in [0.15, 0.2) is 61.1 Å². The topological polar surface area (TPSA) is 87.9 Å². The highest BCUT2D eigenvalue weighted by Crippen LogP contribution is 2.32. The number of carbonyl (C=O) groups is 1. The van der Waals surface area contributed by atoms with Gasteiger partial charge < -0.3 is 19.9 Å². The molecule has 0 unspecified atom stereocenters. The van der Waals surface area contributed by atoms with Crippen LogP contribution in [0, 0.1) is 6.92 Å². The largest absolute Gasteiger partial charge is 0.497 e. The maximum Gasteiger partial charge on any atom is 0.317 e. The Morgan fingerprint density at radius 2 is 1.85 bits per heavy atom. The summed E-state index contributed by atoms with van der Waals surface area (Å²) in [5.74, 6) is 2.27. The number of methoxy groups -OCH3 is 1. The number of aromatic nitrogens is 4. The Hall–Kier alpha value is -4.14.